The molecule has 4 heterocycles. The first-order chi connectivity index (χ1) is 41.4. The number of hydrogen-bond donors (Lipinski definition) is 3. The predicted octanol–water partition coefficient (Wildman–Crippen LogP) is 22.6. The summed E-state index contributed by atoms with van der Waals surface area (Å²) in [5, 5.41) is 18.4. The van der Waals surface area contributed by atoms with Crippen molar-refractivity contribution in [2.45, 2.75) is 211 Å². The van der Waals surface area contributed by atoms with Crippen LogP contribution in [0.5, 0.6) is 0 Å². The van der Waals surface area contributed by atoms with E-state index < -0.39 is 27.2 Å². The summed E-state index contributed by atoms with van der Waals surface area (Å²) in [6.45, 7) is 53.4. The molecule has 0 saturated carbocycles. The number of benzene rings is 6. The number of carboxylic acid groups (broad SMARTS) is 2. The Balaban J connectivity index is 0.00000107. The number of aromatic carboxylic acids is 2. The molecule has 10 rings (SSSR count). The molecule has 8 nitrogen and oxygen atoms in total. The highest BCUT2D eigenvalue weighted by Crippen LogP contribution is 2.50. The second-order valence-corrected chi connectivity index (χ2v) is 34.2. The Kier molecular flexibility index (Phi) is 36.7. The number of allylic oxidation sites excluding steroid dienone is 1. The predicted molar refractivity (Wildman–Crippen MR) is 424 cm³/mol. The zero-order valence-corrected chi connectivity index (χ0v) is 68.5. The van der Waals surface area contributed by atoms with Crippen molar-refractivity contribution < 1.29 is 39.2 Å². The third-order valence-corrected chi connectivity index (χ3v) is 26.3. The van der Waals surface area contributed by atoms with E-state index >= 15 is 0 Å². The van der Waals surface area contributed by atoms with Crippen molar-refractivity contribution in [1.82, 2.24) is 0 Å². The van der Waals surface area contributed by atoms with Crippen LogP contribution in [0.3, 0.4) is 0 Å². The molecule has 0 aliphatic carbocycles. The van der Waals surface area contributed by atoms with E-state index in [0.29, 0.717) is 43.9 Å². The SMILES string of the molecule is BrBr.C.C=C(C)CCl.C=C(C)CSc1cc(C)ccc1C.Cc1cc(Br)c(C)c2c1SCC2(C)C.Cc1cc(C(=O)O)c(C)c2c1S(=O)(=O)CC2(C)C.Cc1cc(C(=O)O)c(C)c2c1SCC2(C)C.Cc1ccc(C)c(S)c1.Cc1ccc(C)c2c1SCC2(C)C.O.O. The van der Waals surface area contributed by atoms with E-state index in [1.165, 1.54) is 97.3 Å². The van der Waals surface area contributed by atoms with Gasteiger partial charge < -0.3 is 21.2 Å². The first-order valence-corrected chi connectivity index (χ1v) is 40.8. The lowest BCUT2D eigenvalue weighted by atomic mass is 9.81. The third-order valence-electron chi connectivity index (χ3n) is 15.8. The van der Waals surface area contributed by atoms with Crippen LogP contribution in [-0.4, -0.2) is 76.2 Å². The molecule has 6 aromatic rings. The summed E-state index contributed by atoms with van der Waals surface area (Å²) in [5.74, 6) is 3.28. The molecule has 18 heteroatoms. The molecule has 0 saturated heterocycles. The molecule has 0 aromatic heterocycles. The lowest BCUT2D eigenvalue weighted by Gasteiger charge is -2.21. The average molecular weight is 1600 g/mol. The Morgan fingerprint density at radius 2 is 0.925 bits per heavy atom. The number of sulfone groups is 1. The maximum absolute atomic E-state index is 12.2. The van der Waals surface area contributed by atoms with Gasteiger partial charge in [0.05, 0.1) is 21.8 Å². The molecular formula is C75H104Br3ClO8S6. The van der Waals surface area contributed by atoms with Crippen molar-refractivity contribution >= 4 is 137 Å². The van der Waals surface area contributed by atoms with E-state index in [1.807, 2.05) is 81.7 Å². The monoisotopic (exact) mass is 1600 g/mol. The number of fused-ring (bicyclic) bond motifs is 4. The number of carboxylic acids is 2. The van der Waals surface area contributed by atoms with E-state index in [1.54, 1.807) is 31.0 Å². The molecule has 0 atom stereocenters. The molecule has 516 valence electrons. The minimum atomic E-state index is -3.30. The maximum Gasteiger partial charge on any atom is 0.335 e. The number of halogens is 4. The number of thiol groups is 1. The molecule has 4 aliphatic rings. The van der Waals surface area contributed by atoms with Crippen LogP contribution in [0, 0.1) is 83.1 Å². The standard InChI is InChI=1S/C13H16O4S.C13H16O2S.C12H15BrS.2C12H16S.C8H10S.C4H7Cl.CH4.Br2.2H2O/c1-7-5-9(12(14)15)8(2)10-11(7)18(16,17)6-13(10,3)4;1-7-5-9(12(14)15)8(2)10-11(7)16-6-13(10,3)4;1-7-5-9(13)8(2)10-11(7)14-6-12(10,3)4;1-8-5-6-9(2)11-10(8)12(3,4)7-13-11;1-9(2)8-13-12-7-10(3)5-6-11(12)4;1-6-3-4-7(2)8(9)5-6;1-4(2)3-5;;1-2;;/h5H,6H2,1-4H3,(H,14,15);5H,6H2,1-4H3,(H,14,15);5H,6H2,1-4H3;5-6H,7H2,1-4H3;5-7H,1,8H2,2-4H3;3-5,9H,1-2H3;1,3H2,2H3;1H4;;2*1H2. The van der Waals surface area contributed by atoms with Crippen LogP contribution in [0.4, 0.5) is 0 Å². The number of aryl methyl sites for hydroxylation is 9. The minimum Gasteiger partial charge on any atom is -0.478 e. The van der Waals surface area contributed by atoms with Gasteiger partial charge in [-0.1, -0.05) is 151 Å². The van der Waals surface area contributed by atoms with Crippen molar-refractivity contribution in [1.29, 1.82) is 0 Å². The molecule has 0 spiro atoms. The average Bonchev–Trinajstić information content (AvgIpc) is 1.60. The fourth-order valence-corrected chi connectivity index (χ4v) is 20.3. The van der Waals surface area contributed by atoms with Crippen molar-refractivity contribution in [3.63, 3.8) is 0 Å². The van der Waals surface area contributed by atoms with Gasteiger partial charge in [-0.05, 0) is 205 Å². The number of alkyl halides is 1. The molecule has 0 fully saturated rings. The van der Waals surface area contributed by atoms with Gasteiger partial charge in [0.25, 0.3) is 0 Å². The Hall–Kier alpha value is -2.91. The molecule has 6 aromatic carbocycles. The molecule has 6 N–H and O–H groups in total. The third kappa shape index (κ3) is 23.6. The second kappa shape index (κ2) is 37.9. The van der Waals surface area contributed by atoms with Gasteiger partial charge in [-0.25, -0.2) is 18.0 Å². The minimum absolute atomic E-state index is 0. The fourth-order valence-electron chi connectivity index (χ4n) is 11.5. The van der Waals surface area contributed by atoms with E-state index in [2.05, 4.69) is 228 Å². The number of thioether (sulfide) groups is 4. The molecule has 93 heavy (non-hydrogen) atoms. The lowest BCUT2D eigenvalue weighted by Crippen LogP contribution is -2.20. The first-order valence-electron chi connectivity index (χ1n) is 29.7. The van der Waals surface area contributed by atoms with Gasteiger partial charge in [-0.3, -0.25) is 0 Å². The first kappa shape index (κ1) is 90.1. The molecule has 4 aliphatic heterocycles. The van der Waals surface area contributed by atoms with Crippen LogP contribution in [0.15, 0.2) is 125 Å². The number of hydrogen-bond acceptors (Lipinski definition) is 9. The number of carbonyl (C=O) groups is 2. The highest BCUT2D eigenvalue weighted by Gasteiger charge is 2.44. The van der Waals surface area contributed by atoms with Crippen molar-refractivity contribution in [2.75, 3.05) is 34.6 Å². The van der Waals surface area contributed by atoms with Crippen LogP contribution in [-0.2, 0) is 31.5 Å². The second-order valence-electron chi connectivity index (χ2n) is 26.7. The van der Waals surface area contributed by atoms with E-state index in [-0.39, 0.29) is 35.1 Å². The summed E-state index contributed by atoms with van der Waals surface area (Å²) < 4.78 is 25.6. The number of rotatable bonds is 6. The van der Waals surface area contributed by atoms with Crippen LogP contribution >= 0.6 is 115 Å². The van der Waals surface area contributed by atoms with Gasteiger partial charge in [-0.15, -0.1) is 71.3 Å². The van der Waals surface area contributed by atoms with Crippen molar-refractivity contribution in [3.05, 3.63) is 196 Å². The molecule has 0 bridgehead atoms. The summed E-state index contributed by atoms with van der Waals surface area (Å²) in [6.07, 6.45) is 0. The lowest BCUT2D eigenvalue weighted by molar-refractivity contribution is 0.0684. The topological polar surface area (TPSA) is 172 Å². The maximum atomic E-state index is 12.2. The van der Waals surface area contributed by atoms with Crippen LogP contribution in [0.1, 0.15) is 186 Å². The summed E-state index contributed by atoms with van der Waals surface area (Å²) in [5.41, 5.74) is 22.2. The Labute approximate surface area is 611 Å². The summed E-state index contributed by atoms with van der Waals surface area (Å²) in [4.78, 5) is 29.5. The molecule has 0 unspecified atom stereocenters. The van der Waals surface area contributed by atoms with Gasteiger partial charge in [-0.2, -0.15) is 0 Å². The van der Waals surface area contributed by atoms with E-state index in [4.69, 9.17) is 11.6 Å². The Bertz CT molecular complexity index is 3760. The molecule has 0 radical (unpaired) electrons. The van der Waals surface area contributed by atoms with Crippen molar-refractivity contribution in [3.8, 4) is 0 Å². The Morgan fingerprint density at radius 3 is 1.34 bits per heavy atom. The van der Waals surface area contributed by atoms with Crippen LogP contribution in [0.2, 0.25) is 0 Å². The van der Waals surface area contributed by atoms with Crippen LogP contribution in [0.25, 0.3) is 0 Å². The largest absolute Gasteiger partial charge is 0.478 e. The normalized spacial score (nSPS) is 15.0. The van der Waals surface area contributed by atoms with E-state index in [9.17, 15) is 28.2 Å². The summed E-state index contributed by atoms with van der Waals surface area (Å²) in [7, 11) is -3.30. The summed E-state index contributed by atoms with van der Waals surface area (Å²) >= 11 is 26.4. The zero-order chi connectivity index (χ0) is 69.1. The highest BCUT2D eigenvalue weighted by molar-refractivity contribution is 9.93. The summed E-state index contributed by atoms with van der Waals surface area (Å²) in [6, 6.07) is 22.8. The van der Waals surface area contributed by atoms with Crippen LogP contribution < -0.4 is 0 Å². The van der Waals surface area contributed by atoms with Gasteiger partial charge in [0.2, 0.25) is 0 Å². The van der Waals surface area contributed by atoms with Gasteiger partial charge >= 0.3 is 11.9 Å². The van der Waals surface area contributed by atoms with Crippen molar-refractivity contribution in [2.24, 2.45) is 0 Å². The highest BCUT2D eigenvalue weighted by atomic mass is 80.9. The van der Waals surface area contributed by atoms with E-state index in [0.717, 1.165) is 33.1 Å². The Morgan fingerprint density at radius 1 is 0.548 bits per heavy atom. The zero-order valence-electron chi connectivity index (χ0n) is 58.0. The van der Waals surface area contributed by atoms with Gasteiger partial charge in [0.1, 0.15) is 0 Å². The van der Waals surface area contributed by atoms with Gasteiger partial charge in [0, 0.05) is 108 Å². The fraction of sp³-hybridized carbons (Fsp3) is 0.440. The molecular weight excluding hydrogens is 1500 g/mol. The molecule has 0 amide bonds. The van der Waals surface area contributed by atoms with Gasteiger partial charge in [0.15, 0.2) is 9.84 Å². The smallest absolute Gasteiger partial charge is 0.335 e. The quantitative estimate of drug-likeness (QED) is 0.0631.